The van der Waals surface area contributed by atoms with E-state index < -0.39 is 0 Å². The van der Waals surface area contributed by atoms with E-state index >= 15 is 0 Å². The first-order chi connectivity index (χ1) is 6.24. The SMILES string of the molecule is Cc1nc(N)ncc1C#CCCCl. The number of aryl methyl sites for hydroxylation is 1. The minimum absolute atomic E-state index is 0.278. The van der Waals surface area contributed by atoms with Gasteiger partial charge in [-0.15, -0.1) is 11.6 Å². The van der Waals surface area contributed by atoms with Crippen LogP contribution in [0.2, 0.25) is 0 Å². The van der Waals surface area contributed by atoms with Gasteiger partial charge in [-0.2, -0.15) is 0 Å². The number of nitrogens with two attached hydrogens (primary N) is 1. The first-order valence-corrected chi connectivity index (χ1v) is 4.41. The van der Waals surface area contributed by atoms with Gasteiger partial charge in [0.1, 0.15) is 0 Å². The van der Waals surface area contributed by atoms with Crippen molar-refractivity contribution in [1.29, 1.82) is 0 Å². The summed E-state index contributed by atoms with van der Waals surface area (Å²) in [5.41, 5.74) is 7.00. The summed E-state index contributed by atoms with van der Waals surface area (Å²) in [6.45, 7) is 1.85. The van der Waals surface area contributed by atoms with E-state index in [1.165, 1.54) is 0 Å². The normalized spacial score (nSPS) is 9.08. The fourth-order valence-corrected chi connectivity index (χ4v) is 0.907. The molecule has 0 atom stereocenters. The number of aromatic nitrogens is 2. The lowest BCUT2D eigenvalue weighted by Crippen LogP contribution is -1.98. The van der Waals surface area contributed by atoms with Crippen LogP contribution in [0.3, 0.4) is 0 Å². The lowest BCUT2D eigenvalue weighted by molar-refractivity contribution is 1.10. The lowest BCUT2D eigenvalue weighted by Gasteiger charge is -1.96. The van der Waals surface area contributed by atoms with Crippen molar-refractivity contribution in [3.05, 3.63) is 17.5 Å². The van der Waals surface area contributed by atoms with E-state index in [2.05, 4.69) is 21.8 Å². The highest BCUT2D eigenvalue weighted by Gasteiger charge is 1.96. The lowest BCUT2D eigenvalue weighted by atomic mass is 10.2. The van der Waals surface area contributed by atoms with Crippen molar-refractivity contribution in [2.75, 3.05) is 11.6 Å². The topological polar surface area (TPSA) is 51.8 Å². The van der Waals surface area contributed by atoms with Gasteiger partial charge in [-0.05, 0) is 6.92 Å². The summed E-state index contributed by atoms with van der Waals surface area (Å²) in [5, 5.41) is 0. The zero-order valence-corrected chi connectivity index (χ0v) is 8.10. The van der Waals surface area contributed by atoms with Gasteiger partial charge < -0.3 is 5.73 Å². The van der Waals surface area contributed by atoms with Crippen LogP contribution in [0.15, 0.2) is 6.20 Å². The molecule has 0 amide bonds. The Morgan fingerprint density at radius 1 is 1.62 bits per heavy atom. The Labute approximate surface area is 82.3 Å². The molecule has 0 saturated carbocycles. The van der Waals surface area contributed by atoms with Crippen molar-refractivity contribution < 1.29 is 0 Å². The highest BCUT2D eigenvalue weighted by Crippen LogP contribution is 2.02. The van der Waals surface area contributed by atoms with Gasteiger partial charge in [0.2, 0.25) is 5.95 Å². The van der Waals surface area contributed by atoms with Gasteiger partial charge >= 0.3 is 0 Å². The van der Waals surface area contributed by atoms with Crippen LogP contribution in [-0.4, -0.2) is 15.8 Å². The Hall–Kier alpha value is -1.27. The van der Waals surface area contributed by atoms with Gasteiger partial charge in [-0.25, -0.2) is 9.97 Å². The van der Waals surface area contributed by atoms with Gasteiger partial charge in [-0.1, -0.05) is 11.8 Å². The number of nitrogen functional groups attached to an aromatic ring is 1. The number of anilines is 1. The summed E-state index contributed by atoms with van der Waals surface area (Å²) in [6.07, 6.45) is 2.30. The van der Waals surface area contributed by atoms with Crippen LogP contribution in [0.5, 0.6) is 0 Å². The quantitative estimate of drug-likeness (QED) is 0.544. The summed E-state index contributed by atoms with van der Waals surface area (Å²) < 4.78 is 0. The standard InChI is InChI=1S/C9H10ClN3/c1-7-8(4-2-3-5-10)6-12-9(11)13-7/h6H,3,5H2,1H3,(H2,11,12,13). The molecule has 1 aromatic rings. The largest absolute Gasteiger partial charge is 0.368 e. The molecule has 0 aliphatic heterocycles. The molecule has 68 valence electrons. The zero-order chi connectivity index (χ0) is 9.68. The summed E-state index contributed by atoms with van der Waals surface area (Å²) >= 11 is 5.48. The van der Waals surface area contributed by atoms with Crippen molar-refractivity contribution in [2.45, 2.75) is 13.3 Å². The average Bonchev–Trinajstić information content (AvgIpc) is 2.09. The molecule has 0 radical (unpaired) electrons. The van der Waals surface area contributed by atoms with Crippen LogP contribution in [0.25, 0.3) is 0 Å². The molecular formula is C9H10ClN3. The smallest absolute Gasteiger partial charge is 0.220 e. The van der Waals surface area contributed by atoms with Crippen LogP contribution in [0, 0.1) is 18.8 Å². The average molecular weight is 196 g/mol. The van der Waals surface area contributed by atoms with Crippen LogP contribution >= 0.6 is 11.6 Å². The molecule has 1 rings (SSSR count). The monoisotopic (exact) mass is 195 g/mol. The highest BCUT2D eigenvalue weighted by atomic mass is 35.5. The third-order valence-electron chi connectivity index (χ3n) is 1.44. The van der Waals surface area contributed by atoms with Crippen LogP contribution in [0.1, 0.15) is 17.7 Å². The third-order valence-corrected chi connectivity index (χ3v) is 1.63. The maximum Gasteiger partial charge on any atom is 0.220 e. The molecule has 13 heavy (non-hydrogen) atoms. The van der Waals surface area contributed by atoms with E-state index in [-0.39, 0.29) is 5.95 Å². The summed E-state index contributed by atoms with van der Waals surface area (Å²) in [4.78, 5) is 7.83. The number of rotatable bonds is 1. The van der Waals surface area contributed by atoms with Crippen LogP contribution < -0.4 is 5.73 Å². The summed E-state index contributed by atoms with van der Waals surface area (Å²) in [7, 11) is 0. The first-order valence-electron chi connectivity index (χ1n) is 3.88. The molecular weight excluding hydrogens is 186 g/mol. The Morgan fingerprint density at radius 2 is 2.38 bits per heavy atom. The first kappa shape index (κ1) is 9.82. The van der Waals surface area contributed by atoms with Crippen molar-refractivity contribution in [1.82, 2.24) is 9.97 Å². The van der Waals surface area contributed by atoms with Gasteiger partial charge in [0, 0.05) is 18.5 Å². The molecule has 0 saturated heterocycles. The van der Waals surface area contributed by atoms with Gasteiger partial charge in [0.15, 0.2) is 0 Å². The fourth-order valence-electron chi connectivity index (χ4n) is 0.813. The molecule has 0 unspecified atom stereocenters. The zero-order valence-electron chi connectivity index (χ0n) is 7.34. The van der Waals surface area contributed by atoms with E-state index in [0.29, 0.717) is 12.3 Å². The Bertz CT molecular complexity index is 352. The van der Waals surface area contributed by atoms with E-state index in [1.54, 1.807) is 6.20 Å². The molecule has 3 nitrogen and oxygen atoms in total. The minimum atomic E-state index is 0.278. The van der Waals surface area contributed by atoms with Crippen LogP contribution in [-0.2, 0) is 0 Å². The molecule has 0 aliphatic carbocycles. The molecule has 0 bridgehead atoms. The minimum Gasteiger partial charge on any atom is -0.368 e. The maximum atomic E-state index is 5.48. The number of nitrogens with zero attached hydrogens (tertiary/aromatic N) is 2. The van der Waals surface area contributed by atoms with Crippen molar-refractivity contribution in [3.8, 4) is 11.8 Å². The van der Waals surface area contributed by atoms with E-state index in [1.807, 2.05) is 6.92 Å². The number of alkyl halides is 1. The molecule has 4 heteroatoms. The highest BCUT2D eigenvalue weighted by molar-refractivity contribution is 6.18. The maximum absolute atomic E-state index is 5.48. The summed E-state index contributed by atoms with van der Waals surface area (Å²) in [5.74, 6) is 6.66. The van der Waals surface area contributed by atoms with E-state index in [9.17, 15) is 0 Å². The Morgan fingerprint density at radius 3 is 3.00 bits per heavy atom. The summed E-state index contributed by atoms with van der Waals surface area (Å²) in [6, 6.07) is 0. The van der Waals surface area contributed by atoms with Gasteiger partial charge in [0.05, 0.1) is 11.3 Å². The molecule has 0 fully saturated rings. The van der Waals surface area contributed by atoms with E-state index in [4.69, 9.17) is 17.3 Å². The fraction of sp³-hybridized carbons (Fsp3) is 0.333. The number of hydrogen-bond acceptors (Lipinski definition) is 3. The Kier molecular flexibility index (Phi) is 3.53. The molecule has 1 heterocycles. The van der Waals surface area contributed by atoms with Crippen molar-refractivity contribution in [3.63, 3.8) is 0 Å². The Balaban J connectivity index is 2.85. The molecule has 0 aliphatic rings. The number of halogens is 1. The van der Waals surface area contributed by atoms with Crippen LogP contribution in [0.4, 0.5) is 5.95 Å². The molecule has 0 aromatic carbocycles. The van der Waals surface area contributed by atoms with Gasteiger partial charge in [-0.3, -0.25) is 0 Å². The van der Waals surface area contributed by atoms with Crippen molar-refractivity contribution >= 4 is 17.5 Å². The van der Waals surface area contributed by atoms with Gasteiger partial charge in [0.25, 0.3) is 0 Å². The third kappa shape index (κ3) is 2.92. The second kappa shape index (κ2) is 4.68. The molecule has 0 spiro atoms. The molecule has 1 aromatic heterocycles. The second-order valence-corrected chi connectivity index (χ2v) is 2.85. The predicted molar refractivity (Wildman–Crippen MR) is 53.4 cm³/mol. The second-order valence-electron chi connectivity index (χ2n) is 2.47. The van der Waals surface area contributed by atoms with Crippen molar-refractivity contribution in [2.24, 2.45) is 0 Å². The van der Waals surface area contributed by atoms with E-state index in [0.717, 1.165) is 11.3 Å². The number of hydrogen-bond donors (Lipinski definition) is 1. The predicted octanol–water partition coefficient (Wildman–Crippen LogP) is 1.35. The molecule has 2 N–H and O–H groups in total.